The van der Waals surface area contributed by atoms with Crippen molar-refractivity contribution in [3.63, 3.8) is 0 Å². The number of ether oxygens (including phenoxy) is 1. The van der Waals surface area contributed by atoms with Crippen LogP contribution in [-0.2, 0) is 0 Å². The molecule has 0 bridgehead atoms. The van der Waals surface area contributed by atoms with Crippen molar-refractivity contribution in [1.82, 2.24) is 0 Å². The van der Waals surface area contributed by atoms with E-state index in [4.69, 9.17) is 9.73 Å². The number of aryl methyl sites for hydroxylation is 1. The van der Waals surface area contributed by atoms with Crippen LogP contribution >= 0.6 is 12.4 Å². The van der Waals surface area contributed by atoms with Crippen molar-refractivity contribution in [2.45, 2.75) is 6.92 Å². The van der Waals surface area contributed by atoms with Crippen LogP contribution in [0, 0.1) is 6.92 Å². The van der Waals surface area contributed by atoms with E-state index in [1.54, 1.807) is 7.11 Å². The molecule has 0 unspecified atom stereocenters. The van der Waals surface area contributed by atoms with Gasteiger partial charge in [-0.1, -0.05) is 30.3 Å². The predicted molar refractivity (Wildman–Crippen MR) is 108 cm³/mol. The molecule has 0 spiro atoms. The Kier molecular flexibility index (Phi) is 6.61. The standard InChI is InChI=1S/C21H20N2O.ClH/c1-16-7-6-10-19(15-16)23-21(22-18-8-4-3-5-9-18)17-11-13-20(24-2)14-12-17;/h3-15H,1-2H3,(H,22,23);1H. The summed E-state index contributed by atoms with van der Waals surface area (Å²) in [6.07, 6.45) is 0. The van der Waals surface area contributed by atoms with E-state index in [0.29, 0.717) is 0 Å². The van der Waals surface area contributed by atoms with Crippen LogP contribution in [0.2, 0.25) is 0 Å². The van der Waals surface area contributed by atoms with Gasteiger partial charge >= 0.3 is 0 Å². The lowest BCUT2D eigenvalue weighted by molar-refractivity contribution is 0.415. The molecular formula is C21H21ClN2O. The molecular weight excluding hydrogens is 332 g/mol. The molecule has 0 atom stereocenters. The number of methoxy groups -OCH3 is 1. The summed E-state index contributed by atoms with van der Waals surface area (Å²) in [6, 6.07) is 26.1. The van der Waals surface area contributed by atoms with Gasteiger partial charge in [0.15, 0.2) is 0 Å². The third kappa shape index (κ3) is 5.10. The van der Waals surface area contributed by atoms with Crippen molar-refractivity contribution >= 4 is 29.6 Å². The fourth-order valence-corrected chi connectivity index (χ4v) is 2.40. The average Bonchev–Trinajstić information content (AvgIpc) is 2.62. The van der Waals surface area contributed by atoms with Crippen LogP contribution in [0.5, 0.6) is 5.75 Å². The summed E-state index contributed by atoms with van der Waals surface area (Å²) in [7, 11) is 1.67. The van der Waals surface area contributed by atoms with E-state index < -0.39 is 0 Å². The van der Waals surface area contributed by atoms with Crippen LogP contribution in [0.15, 0.2) is 83.9 Å². The van der Waals surface area contributed by atoms with Crippen LogP contribution < -0.4 is 10.1 Å². The van der Waals surface area contributed by atoms with Gasteiger partial charge in [-0.15, -0.1) is 12.4 Å². The van der Waals surface area contributed by atoms with E-state index in [1.807, 2.05) is 66.7 Å². The molecule has 0 aliphatic carbocycles. The molecule has 0 saturated heterocycles. The summed E-state index contributed by atoms with van der Waals surface area (Å²) in [5.74, 6) is 1.63. The molecule has 3 aromatic carbocycles. The number of aliphatic imine (C=N–C) groups is 1. The minimum atomic E-state index is 0. The first-order valence-electron chi connectivity index (χ1n) is 7.86. The summed E-state index contributed by atoms with van der Waals surface area (Å²) >= 11 is 0. The molecule has 4 heteroatoms. The first-order chi connectivity index (χ1) is 11.7. The predicted octanol–water partition coefficient (Wildman–Crippen LogP) is 5.62. The molecule has 25 heavy (non-hydrogen) atoms. The molecule has 0 aliphatic rings. The molecule has 0 aliphatic heterocycles. The third-order valence-corrected chi connectivity index (χ3v) is 3.64. The maximum absolute atomic E-state index is 5.24. The number of hydrogen-bond acceptors (Lipinski definition) is 2. The largest absolute Gasteiger partial charge is 0.497 e. The molecule has 1 N–H and O–H groups in total. The van der Waals surface area contributed by atoms with Crippen LogP contribution in [0.4, 0.5) is 11.4 Å². The van der Waals surface area contributed by atoms with Crippen LogP contribution in [-0.4, -0.2) is 12.9 Å². The number of hydrogen-bond donors (Lipinski definition) is 1. The molecule has 128 valence electrons. The van der Waals surface area contributed by atoms with E-state index in [1.165, 1.54) is 5.56 Å². The summed E-state index contributed by atoms with van der Waals surface area (Å²) in [5.41, 5.74) is 4.12. The van der Waals surface area contributed by atoms with E-state index in [2.05, 4.69) is 24.4 Å². The number of benzene rings is 3. The maximum atomic E-state index is 5.24. The average molecular weight is 353 g/mol. The maximum Gasteiger partial charge on any atom is 0.138 e. The minimum absolute atomic E-state index is 0. The second kappa shape index (κ2) is 8.90. The van der Waals surface area contributed by atoms with Crippen LogP contribution in [0.25, 0.3) is 0 Å². The normalized spacial score (nSPS) is 10.7. The van der Waals surface area contributed by atoms with E-state index >= 15 is 0 Å². The molecule has 3 aromatic rings. The van der Waals surface area contributed by atoms with Gasteiger partial charge in [-0.2, -0.15) is 0 Å². The Morgan fingerprint density at radius 3 is 2.24 bits per heavy atom. The molecule has 0 fully saturated rings. The van der Waals surface area contributed by atoms with Gasteiger partial charge in [0.05, 0.1) is 12.8 Å². The Morgan fingerprint density at radius 2 is 1.60 bits per heavy atom. The fraction of sp³-hybridized carbons (Fsp3) is 0.0952. The summed E-state index contributed by atoms with van der Waals surface area (Å²) in [4.78, 5) is 4.77. The number of rotatable bonds is 4. The highest BCUT2D eigenvalue weighted by Crippen LogP contribution is 2.18. The van der Waals surface area contributed by atoms with E-state index in [0.717, 1.165) is 28.5 Å². The Labute approximate surface area is 154 Å². The molecule has 3 nitrogen and oxygen atoms in total. The lowest BCUT2D eigenvalue weighted by Gasteiger charge is -2.12. The van der Waals surface area contributed by atoms with Crippen molar-refractivity contribution in [1.29, 1.82) is 0 Å². The lowest BCUT2D eigenvalue weighted by atomic mass is 10.1. The highest BCUT2D eigenvalue weighted by molar-refractivity contribution is 6.09. The molecule has 0 heterocycles. The molecule has 0 radical (unpaired) electrons. The quantitative estimate of drug-likeness (QED) is 0.488. The first-order valence-corrected chi connectivity index (χ1v) is 7.86. The number of amidine groups is 1. The van der Waals surface area contributed by atoms with E-state index in [9.17, 15) is 0 Å². The Bertz CT molecular complexity index is 830. The number of para-hydroxylation sites is 1. The number of anilines is 1. The van der Waals surface area contributed by atoms with Crippen LogP contribution in [0.1, 0.15) is 11.1 Å². The van der Waals surface area contributed by atoms with Crippen molar-refractivity contribution < 1.29 is 4.74 Å². The van der Waals surface area contributed by atoms with Gasteiger partial charge in [-0.05, 0) is 61.0 Å². The fourth-order valence-electron chi connectivity index (χ4n) is 2.40. The number of halogens is 1. The topological polar surface area (TPSA) is 33.6 Å². The van der Waals surface area contributed by atoms with Crippen molar-refractivity contribution in [3.8, 4) is 5.75 Å². The van der Waals surface area contributed by atoms with Gasteiger partial charge in [0.2, 0.25) is 0 Å². The summed E-state index contributed by atoms with van der Waals surface area (Å²) in [5, 5.41) is 3.43. The van der Waals surface area contributed by atoms with Crippen molar-refractivity contribution in [2.75, 3.05) is 12.4 Å². The zero-order valence-electron chi connectivity index (χ0n) is 14.3. The molecule has 0 aromatic heterocycles. The van der Waals surface area contributed by atoms with Crippen LogP contribution in [0.3, 0.4) is 0 Å². The van der Waals surface area contributed by atoms with E-state index in [-0.39, 0.29) is 12.4 Å². The monoisotopic (exact) mass is 352 g/mol. The molecule has 0 saturated carbocycles. The number of nitrogens with zero attached hydrogens (tertiary/aromatic N) is 1. The highest BCUT2D eigenvalue weighted by atomic mass is 35.5. The zero-order valence-corrected chi connectivity index (χ0v) is 15.1. The van der Waals surface area contributed by atoms with Gasteiger partial charge in [0.1, 0.15) is 11.6 Å². The first kappa shape index (κ1) is 18.6. The van der Waals surface area contributed by atoms with Gasteiger partial charge < -0.3 is 10.1 Å². The van der Waals surface area contributed by atoms with Gasteiger partial charge in [-0.3, -0.25) is 0 Å². The third-order valence-electron chi connectivity index (χ3n) is 3.64. The lowest BCUT2D eigenvalue weighted by Crippen LogP contribution is -2.13. The second-order valence-electron chi connectivity index (χ2n) is 5.52. The van der Waals surface area contributed by atoms with Gasteiger partial charge in [0.25, 0.3) is 0 Å². The Morgan fingerprint density at radius 1 is 0.880 bits per heavy atom. The van der Waals surface area contributed by atoms with Crippen molar-refractivity contribution in [2.24, 2.45) is 4.99 Å². The summed E-state index contributed by atoms with van der Waals surface area (Å²) < 4.78 is 5.24. The second-order valence-corrected chi connectivity index (χ2v) is 5.52. The Balaban J connectivity index is 0.00000225. The van der Waals surface area contributed by atoms with Gasteiger partial charge in [-0.25, -0.2) is 4.99 Å². The minimum Gasteiger partial charge on any atom is -0.497 e. The summed E-state index contributed by atoms with van der Waals surface area (Å²) in [6.45, 7) is 2.08. The number of nitrogens with one attached hydrogen (secondary N) is 1. The smallest absolute Gasteiger partial charge is 0.138 e. The van der Waals surface area contributed by atoms with Crippen molar-refractivity contribution in [3.05, 3.63) is 90.0 Å². The molecule has 0 amide bonds. The Hall–Kier alpha value is -2.78. The van der Waals surface area contributed by atoms with Gasteiger partial charge in [0, 0.05) is 11.3 Å². The zero-order chi connectivity index (χ0) is 16.8. The molecule has 3 rings (SSSR count). The highest BCUT2D eigenvalue weighted by Gasteiger charge is 2.06. The SMILES string of the molecule is COc1ccc(C(=Nc2ccccc2)Nc2cccc(C)c2)cc1.Cl.